The minimum Gasteiger partial charge on any atom is -0.593 e. The Balaban J connectivity index is 0.00000196. The van der Waals surface area contributed by atoms with E-state index in [2.05, 4.69) is 40.1 Å². The Kier molecular flexibility index (Phi) is 5.42. The monoisotopic (exact) mass is 218 g/mol. The summed E-state index contributed by atoms with van der Waals surface area (Å²) < 4.78 is 11.1. The molecule has 0 spiro atoms. The first-order chi connectivity index (χ1) is 6.33. The van der Waals surface area contributed by atoms with Crippen molar-refractivity contribution in [1.29, 1.82) is 0 Å². The minimum absolute atomic E-state index is 0. The van der Waals surface area contributed by atoms with Crippen LogP contribution in [0.4, 0.5) is 0 Å². The maximum Gasteiger partial charge on any atom is 1.00 e. The molecule has 0 N–H and O–H groups in total. The molecule has 1 aromatic heterocycles. The summed E-state index contributed by atoms with van der Waals surface area (Å²) in [6.45, 7) is 11.7. The second kappa shape index (κ2) is 5.40. The van der Waals surface area contributed by atoms with Gasteiger partial charge in [-0.2, -0.15) is 6.07 Å². The number of rotatable bonds is 3. The molecule has 0 unspecified atom stereocenters. The zero-order valence-electron chi connectivity index (χ0n) is 10.7. The molecule has 0 radical (unpaired) electrons. The number of furan rings is 1. The van der Waals surface area contributed by atoms with Crippen LogP contribution in [0.5, 0.6) is 0 Å². The Morgan fingerprint density at radius 3 is 2.40 bits per heavy atom. The molecule has 4 heteroatoms. The van der Waals surface area contributed by atoms with E-state index in [1.807, 2.05) is 6.07 Å². The molecule has 1 heterocycles. The fourth-order valence-corrected chi connectivity index (χ4v) is 1.75. The maximum absolute atomic E-state index is 5.96. The average molecular weight is 218 g/mol. The molecule has 0 fully saturated rings. The predicted molar refractivity (Wildman–Crippen MR) is 59.5 cm³/mol. The van der Waals surface area contributed by atoms with Gasteiger partial charge in [-0.15, -0.1) is 6.07 Å². The zero-order chi connectivity index (χ0) is 10.8. The van der Waals surface area contributed by atoms with Crippen LogP contribution < -0.4 is 18.9 Å². The van der Waals surface area contributed by atoms with E-state index in [0.29, 0.717) is 6.61 Å². The third-order valence-electron chi connectivity index (χ3n) is 2.91. The molecule has 0 aromatic carbocycles. The van der Waals surface area contributed by atoms with Crippen molar-refractivity contribution >= 4 is 8.32 Å². The molecular formula is C11H19LiO2Si. The van der Waals surface area contributed by atoms with Crippen LogP contribution in [-0.2, 0) is 11.0 Å². The normalized spacial score (nSPS) is 12.3. The maximum atomic E-state index is 5.96. The van der Waals surface area contributed by atoms with Gasteiger partial charge < -0.3 is 8.84 Å². The molecule has 0 saturated carbocycles. The Bertz CT molecular complexity index is 275. The van der Waals surface area contributed by atoms with Crippen LogP contribution in [0.15, 0.2) is 16.5 Å². The van der Waals surface area contributed by atoms with E-state index >= 15 is 0 Å². The van der Waals surface area contributed by atoms with Crippen LogP contribution in [0.1, 0.15) is 26.5 Å². The summed E-state index contributed by atoms with van der Waals surface area (Å²) in [6.07, 6.45) is 2.67. The summed E-state index contributed by atoms with van der Waals surface area (Å²) in [7, 11) is -1.63. The molecule has 0 amide bonds. The zero-order valence-corrected chi connectivity index (χ0v) is 11.7. The molecule has 0 aliphatic heterocycles. The van der Waals surface area contributed by atoms with Crippen molar-refractivity contribution < 1.29 is 27.7 Å². The fourth-order valence-electron chi connectivity index (χ4n) is 0.816. The van der Waals surface area contributed by atoms with E-state index in [-0.39, 0.29) is 23.9 Å². The van der Waals surface area contributed by atoms with Crippen molar-refractivity contribution in [2.75, 3.05) is 0 Å². The van der Waals surface area contributed by atoms with Crippen LogP contribution in [0.3, 0.4) is 0 Å². The van der Waals surface area contributed by atoms with Gasteiger partial charge in [0.05, 0.1) is 0 Å². The first-order valence-electron chi connectivity index (χ1n) is 4.92. The van der Waals surface area contributed by atoms with E-state index in [0.717, 1.165) is 5.76 Å². The molecule has 0 bridgehead atoms. The van der Waals surface area contributed by atoms with Gasteiger partial charge >= 0.3 is 18.9 Å². The van der Waals surface area contributed by atoms with E-state index in [1.54, 1.807) is 6.07 Å². The predicted octanol–water partition coefficient (Wildman–Crippen LogP) is 0.606. The van der Waals surface area contributed by atoms with Gasteiger partial charge in [0.15, 0.2) is 8.32 Å². The molecule has 2 nitrogen and oxygen atoms in total. The van der Waals surface area contributed by atoms with Gasteiger partial charge in [-0.1, -0.05) is 20.8 Å². The fraction of sp³-hybridized carbons (Fsp3) is 0.636. The molecule has 80 valence electrons. The first-order valence-corrected chi connectivity index (χ1v) is 7.82. The van der Waals surface area contributed by atoms with Crippen LogP contribution >= 0.6 is 0 Å². The van der Waals surface area contributed by atoms with E-state index in [9.17, 15) is 0 Å². The average Bonchev–Trinajstić information content (AvgIpc) is 2.50. The summed E-state index contributed by atoms with van der Waals surface area (Å²) >= 11 is 0. The first kappa shape index (κ1) is 15.1. The summed E-state index contributed by atoms with van der Waals surface area (Å²) in [6, 6.07) is 3.66. The number of hydrogen-bond acceptors (Lipinski definition) is 2. The minimum atomic E-state index is -1.63. The largest absolute Gasteiger partial charge is 1.00 e. The Hall–Kier alpha value is 0.0543. The topological polar surface area (TPSA) is 22.4 Å². The van der Waals surface area contributed by atoms with E-state index in [4.69, 9.17) is 8.84 Å². The van der Waals surface area contributed by atoms with Crippen molar-refractivity contribution in [3.63, 3.8) is 0 Å². The van der Waals surface area contributed by atoms with Gasteiger partial charge in [0.2, 0.25) is 0 Å². The quantitative estimate of drug-likeness (QED) is 0.548. The van der Waals surface area contributed by atoms with Gasteiger partial charge in [0.25, 0.3) is 0 Å². The van der Waals surface area contributed by atoms with Crippen molar-refractivity contribution in [1.82, 2.24) is 0 Å². The van der Waals surface area contributed by atoms with Gasteiger partial charge in [0, 0.05) is 6.61 Å². The van der Waals surface area contributed by atoms with E-state index in [1.165, 1.54) is 0 Å². The van der Waals surface area contributed by atoms with Gasteiger partial charge in [0.1, 0.15) is 0 Å². The van der Waals surface area contributed by atoms with Crippen LogP contribution in [0.25, 0.3) is 0 Å². The molecular weight excluding hydrogens is 199 g/mol. The molecule has 0 aliphatic carbocycles. The summed E-state index contributed by atoms with van der Waals surface area (Å²) in [4.78, 5) is 0. The summed E-state index contributed by atoms with van der Waals surface area (Å²) in [5, 5.41) is 0.253. The van der Waals surface area contributed by atoms with Crippen molar-refractivity contribution in [3.8, 4) is 0 Å². The van der Waals surface area contributed by atoms with Crippen LogP contribution in [0.2, 0.25) is 18.1 Å². The van der Waals surface area contributed by atoms with Crippen LogP contribution in [0, 0.1) is 6.26 Å². The van der Waals surface area contributed by atoms with Gasteiger partial charge in [-0.3, -0.25) is 0 Å². The molecule has 15 heavy (non-hydrogen) atoms. The Morgan fingerprint density at radius 1 is 1.40 bits per heavy atom. The Labute approximate surface area is 106 Å². The smallest absolute Gasteiger partial charge is 0.593 e. The summed E-state index contributed by atoms with van der Waals surface area (Å²) in [5.74, 6) is 0.856. The third kappa shape index (κ3) is 4.20. The van der Waals surface area contributed by atoms with Crippen molar-refractivity contribution in [3.05, 3.63) is 24.2 Å². The molecule has 1 aromatic rings. The molecule has 0 saturated heterocycles. The SMILES string of the molecule is CC(C)(C)[Si](C)(C)OCc1cc[c-]o1.[Li+]. The van der Waals surface area contributed by atoms with E-state index < -0.39 is 8.32 Å². The summed E-state index contributed by atoms with van der Waals surface area (Å²) in [5.41, 5.74) is 0. The number of hydrogen-bond donors (Lipinski definition) is 0. The second-order valence-corrected chi connectivity index (χ2v) is 9.88. The van der Waals surface area contributed by atoms with Crippen LogP contribution in [-0.4, -0.2) is 8.32 Å². The molecule has 0 atom stereocenters. The van der Waals surface area contributed by atoms with Gasteiger partial charge in [-0.05, 0) is 30.2 Å². The molecule has 1 rings (SSSR count). The van der Waals surface area contributed by atoms with Crippen molar-refractivity contribution in [2.24, 2.45) is 0 Å². The van der Waals surface area contributed by atoms with Gasteiger partial charge in [-0.25, -0.2) is 0 Å². The Morgan fingerprint density at radius 2 is 2.00 bits per heavy atom. The standard InChI is InChI=1S/C11H19O2Si.Li/c1-11(2,3)14(4,5)13-9-10-7-6-8-12-10;/h6-7H,9H2,1-5H3;/q-1;+1. The molecule has 0 aliphatic rings. The second-order valence-electron chi connectivity index (χ2n) is 5.07. The van der Waals surface area contributed by atoms with Crippen molar-refractivity contribution in [2.45, 2.75) is 45.5 Å². The third-order valence-corrected chi connectivity index (χ3v) is 7.39.